The number of nitrogens with zero attached hydrogens (tertiary/aromatic N) is 2. The van der Waals surface area contributed by atoms with E-state index in [0.29, 0.717) is 41.6 Å². The highest BCUT2D eigenvalue weighted by molar-refractivity contribution is 7.98. The average Bonchev–Trinajstić information content (AvgIpc) is 3.14. The van der Waals surface area contributed by atoms with E-state index in [2.05, 4.69) is 20.8 Å². The van der Waals surface area contributed by atoms with Gasteiger partial charge in [0, 0.05) is 11.4 Å². The standard InChI is InChI=1S/C20H19FN4O2S.ClH/c1-12-23-18(27-25-12)11-28-17-5-3-2-4-15(17)20(26)24-16-7-6-13-10-22-9-8-14(13)19(16)21;/h2-7,22H,8-11H2,1H3,(H,24,26);1H. The van der Waals surface area contributed by atoms with Crippen LogP contribution in [0.15, 0.2) is 45.8 Å². The van der Waals surface area contributed by atoms with Crippen LogP contribution in [0.3, 0.4) is 0 Å². The first-order valence-corrected chi connectivity index (χ1v) is 9.93. The number of carbonyl (C=O) groups is 1. The molecule has 0 atom stereocenters. The molecular weight excluding hydrogens is 415 g/mol. The molecule has 0 bridgehead atoms. The molecular formula is C20H20ClFN4O2S. The van der Waals surface area contributed by atoms with Gasteiger partial charge in [-0.05, 0) is 49.2 Å². The van der Waals surface area contributed by atoms with Crippen LogP contribution in [0.1, 0.15) is 33.2 Å². The summed E-state index contributed by atoms with van der Waals surface area (Å²) < 4.78 is 19.9. The van der Waals surface area contributed by atoms with Crippen molar-refractivity contribution >= 4 is 35.8 Å². The van der Waals surface area contributed by atoms with Crippen molar-refractivity contribution in [3.63, 3.8) is 0 Å². The van der Waals surface area contributed by atoms with Crippen molar-refractivity contribution in [2.75, 3.05) is 11.9 Å². The van der Waals surface area contributed by atoms with E-state index in [-0.39, 0.29) is 29.8 Å². The summed E-state index contributed by atoms with van der Waals surface area (Å²) in [4.78, 5) is 17.7. The van der Waals surface area contributed by atoms with Crippen LogP contribution in [-0.2, 0) is 18.7 Å². The number of fused-ring (bicyclic) bond motifs is 1. The molecule has 9 heteroatoms. The van der Waals surface area contributed by atoms with Gasteiger partial charge in [-0.1, -0.05) is 23.4 Å². The molecule has 3 aromatic rings. The second kappa shape index (κ2) is 9.39. The first-order chi connectivity index (χ1) is 13.6. The van der Waals surface area contributed by atoms with Crippen LogP contribution in [0.2, 0.25) is 0 Å². The van der Waals surface area contributed by atoms with Crippen LogP contribution >= 0.6 is 24.2 Å². The molecule has 1 aliphatic rings. The van der Waals surface area contributed by atoms with Crippen molar-refractivity contribution in [1.29, 1.82) is 0 Å². The number of hydrogen-bond donors (Lipinski definition) is 2. The van der Waals surface area contributed by atoms with Crippen LogP contribution in [-0.4, -0.2) is 22.6 Å². The molecule has 29 heavy (non-hydrogen) atoms. The highest BCUT2D eigenvalue weighted by Crippen LogP contribution is 2.28. The minimum Gasteiger partial charge on any atom is -0.338 e. The number of aromatic nitrogens is 2. The van der Waals surface area contributed by atoms with E-state index in [1.807, 2.05) is 18.2 Å². The van der Waals surface area contributed by atoms with Gasteiger partial charge in [-0.3, -0.25) is 4.79 Å². The molecule has 152 valence electrons. The Morgan fingerprint density at radius 3 is 2.93 bits per heavy atom. The smallest absolute Gasteiger partial charge is 0.256 e. The summed E-state index contributed by atoms with van der Waals surface area (Å²) >= 11 is 1.42. The first-order valence-electron chi connectivity index (χ1n) is 8.95. The van der Waals surface area contributed by atoms with Crippen molar-refractivity contribution in [1.82, 2.24) is 15.5 Å². The van der Waals surface area contributed by atoms with Crippen LogP contribution in [0.5, 0.6) is 0 Å². The number of halogens is 2. The van der Waals surface area contributed by atoms with Crippen molar-refractivity contribution in [2.24, 2.45) is 0 Å². The number of anilines is 1. The van der Waals surface area contributed by atoms with Crippen molar-refractivity contribution < 1.29 is 13.7 Å². The Morgan fingerprint density at radius 1 is 1.31 bits per heavy atom. The number of benzene rings is 2. The lowest BCUT2D eigenvalue weighted by molar-refractivity contribution is 0.102. The summed E-state index contributed by atoms with van der Waals surface area (Å²) in [6.07, 6.45) is 0.612. The zero-order valence-electron chi connectivity index (χ0n) is 15.7. The van der Waals surface area contributed by atoms with Gasteiger partial charge in [-0.15, -0.1) is 24.2 Å². The summed E-state index contributed by atoms with van der Waals surface area (Å²) in [5.41, 5.74) is 2.29. The number of hydrogen-bond acceptors (Lipinski definition) is 6. The summed E-state index contributed by atoms with van der Waals surface area (Å²) in [6.45, 7) is 3.13. The first kappa shape index (κ1) is 21.3. The molecule has 6 nitrogen and oxygen atoms in total. The summed E-state index contributed by atoms with van der Waals surface area (Å²) in [7, 11) is 0. The molecule has 2 heterocycles. The van der Waals surface area contributed by atoms with Gasteiger partial charge in [0.15, 0.2) is 5.82 Å². The molecule has 0 spiro atoms. The Hall–Kier alpha value is -2.42. The minimum atomic E-state index is -0.349. The van der Waals surface area contributed by atoms with E-state index in [9.17, 15) is 9.18 Å². The van der Waals surface area contributed by atoms with Crippen LogP contribution in [0, 0.1) is 12.7 Å². The molecule has 4 rings (SSSR count). The van der Waals surface area contributed by atoms with Gasteiger partial charge in [-0.2, -0.15) is 4.98 Å². The molecule has 2 N–H and O–H groups in total. The lowest BCUT2D eigenvalue weighted by atomic mass is 9.99. The Balaban J connectivity index is 0.00000240. The fraction of sp³-hybridized carbons (Fsp3) is 0.250. The Kier molecular flexibility index (Phi) is 6.89. The van der Waals surface area contributed by atoms with Gasteiger partial charge in [0.2, 0.25) is 5.89 Å². The summed E-state index contributed by atoms with van der Waals surface area (Å²) in [6, 6.07) is 10.7. The van der Waals surface area contributed by atoms with Crippen LogP contribution < -0.4 is 10.6 Å². The minimum absolute atomic E-state index is 0. The second-order valence-corrected chi connectivity index (χ2v) is 7.48. The molecule has 0 saturated carbocycles. The van der Waals surface area contributed by atoms with E-state index >= 15 is 0 Å². The largest absolute Gasteiger partial charge is 0.338 e. The number of carbonyl (C=O) groups excluding carboxylic acids is 1. The van der Waals surface area contributed by atoms with Crippen LogP contribution in [0.25, 0.3) is 0 Å². The highest BCUT2D eigenvalue weighted by atomic mass is 35.5. The average molecular weight is 435 g/mol. The van der Waals surface area contributed by atoms with E-state index in [4.69, 9.17) is 4.52 Å². The number of aryl methyl sites for hydroxylation is 1. The van der Waals surface area contributed by atoms with Gasteiger partial charge >= 0.3 is 0 Å². The number of thioether (sulfide) groups is 1. The fourth-order valence-electron chi connectivity index (χ4n) is 3.14. The molecule has 1 aliphatic heterocycles. The van der Waals surface area contributed by atoms with Crippen molar-refractivity contribution in [2.45, 2.75) is 30.5 Å². The zero-order chi connectivity index (χ0) is 19.5. The third-order valence-electron chi connectivity index (χ3n) is 4.51. The van der Waals surface area contributed by atoms with Gasteiger partial charge in [0.05, 0.1) is 17.0 Å². The molecule has 0 aliphatic carbocycles. The third kappa shape index (κ3) is 4.77. The Morgan fingerprint density at radius 2 is 2.14 bits per heavy atom. The zero-order valence-corrected chi connectivity index (χ0v) is 17.3. The molecule has 0 saturated heterocycles. The molecule has 2 aromatic carbocycles. The molecule has 1 amide bonds. The maximum absolute atomic E-state index is 14.8. The van der Waals surface area contributed by atoms with Gasteiger partial charge in [0.1, 0.15) is 5.82 Å². The maximum atomic E-state index is 14.8. The quantitative estimate of drug-likeness (QED) is 0.588. The molecule has 0 unspecified atom stereocenters. The SMILES string of the molecule is Cc1noc(CSc2ccccc2C(=O)Nc2ccc3c(c2F)CCNC3)n1.Cl. The predicted octanol–water partition coefficient (Wildman–Crippen LogP) is 4.13. The molecule has 0 fully saturated rings. The second-order valence-electron chi connectivity index (χ2n) is 6.47. The van der Waals surface area contributed by atoms with E-state index in [0.717, 1.165) is 17.0 Å². The maximum Gasteiger partial charge on any atom is 0.256 e. The monoisotopic (exact) mass is 434 g/mol. The number of nitrogens with one attached hydrogen (secondary N) is 2. The van der Waals surface area contributed by atoms with Crippen LogP contribution in [0.4, 0.5) is 10.1 Å². The van der Waals surface area contributed by atoms with E-state index in [1.54, 1.807) is 25.1 Å². The third-order valence-corrected chi connectivity index (χ3v) is 5.57. The van der Waals surface area contributed by atoms with Gasteiger partial charge in [0.25, 0.3) is 5.91 Å². The lowest BCUT2D eigenvalue weighted by Gasteiger charge is -2.19. The Labute approximate surface area is 178 Å². The van der Waals surface area contributed by atoms with Crippen molar-refractivity contribution in [3.8, 4) is 0 Å². The lowest BCUT2D eigenvalue weighted by Crippen LogP contribution is -2.25. The highest BCUT2D eigenvalue weighted by Gasteiger charge is 2.19. The van der Waals surface area contributed by atoms with E-state index in [1.165, 1.54) is 11.8 Å². The normalized spacial score (nSPS) is 12.8. The Bertz CT molecular complexity index is 1030. The van der Waals surface area contributed by atoms with Gasteiger partial charge < -0.3 is 15.2 Å². The topological polar surface area (TPSA) is 80.0 Å². The number of rotatable bonds is 5. The van der Waals surface area contributed by atoms with Gasteiger partial charge in [-0.25, -0.2) is 4.39 Å². The number of amides is 1. The van der Waals surface area contributed by atoms with E-state index < -0.39 is 0 Å². The predicted molar refractivity (Wildman–Crippen MR) is 112 cm³/mol. The summed E-state index contributed by atoms with van der Waals surface area (Å²) in [5, 5.41) is 9.70. The summed E-state index contributed by atoms with van der Waals surface area (Å²) in [5.74, 6) is 0.814. The van der Waals surface area contributed by atoms with Crippen molar-refractivity contribution in [3.05, 3.63) is 70.6 Å². The molecule has 1 aromatic heterocycles. The molecule has 0 radical (unpaired) electrons. The fourth-order valence-corrected chi connectivity index (χ4v) is 4.03.